The van der Waals surface area contributed by atoms with Crippen molar-refractivity contribution in [3.8, 4) is 5.75 Å². The van der Waals surface area contributed by atoms with Gasteiger partial charge in [0.15, 0.2) is 0 Å². The molecule has 0 amide bonds. The Kier molecular flexibility index (Phi) is 2.76. The van der Waals surface area contributed by atoms with Crippen molar-refractivity contribution in [2.45, 2.75) is 6.92 Å². The number of nitrogens with zero attached hydrogens (tertiary/aromatic N) is 2. The number of aryl methyl sites for hydroxylation is 1. The largest absolute Gasteiger partial charge is 0.440 e. The van der Waals surface area contributed by atoms with Crippen molar-refractivity contribution in [2.24, 2.45) is 0 Å². The minimum atomic E-state index is -0.511. The Bertz CT molecular complexity index is 746. The normalized spacial score (nSPS) is 10.6. The van der Waals surface area contributed by atoms with Crippen LogP contribution >= 0.6 is 0 Å². The number of carbonyl (C=O) groups is 1. The zero-order valence-corrected chi connectivity index (χ0v) is 10.4. The Morgan fingerprint density at radius 3 is 2.63 bits per heavy atom. The van der Waals surface area contributed by atoms with E-state index in [2.05, 4.69) is 5.10 Å². The molecule has 1 heterocycles. The molecule has 0 radical (unpaired) electrons. The van der Waals surface area contributed by atoms with Crippen LogP contribution < -0.4 is 4.74 Å². The van der Waals surface area contributed by atoms with E-state index in [1.807, 2.05) is 43.3 Å². The number of fused-ring (bicyclic) bond motifs is 1. The van der Waals surface area contributed by atoms with Crippen molar-refractivity contribution < 1.29 is 9.53 Å². The zero-order valence-electron chi connectivity index (χ0n) is 10.4. The van der Waals surface area contributed by atoms with Crippen molar-refractivity contribution in [3.63, 3.8) is 0 Å². The van der Waals surface area contributed by atoms with Crippen molar-refractivity contribution in [1.29, 1.82) is 0 Å². The molecule has 0 N–H and O–H groups in total. The van der Waals surface area contributed by atoms with Gasteiger partial charge in [0.1, 0.15) is 5.75 Å². The highest BCUT2D eigenvalue weighted by Crippen LogP contribution is 2.20. The van der Waals surface area contributed by atoms with Crippen LogP contribution in [0.25, 0.3) is 10.8 Å². The molecule has 0 saturated heterocycles. The maximum atomic E-state index is 11.8. The lowest BCUT2D eigenvalue weighted by atomic mass is 10.1. The summed E-state index contributed by atoms with van der Waals surface area (Å²) in [5, 5.41) is 6.15. The molecule has 0 aliphatic rings. The van der Waals surface area contributed by atoms with Crippen molar-refractivity contribution >= 4 is 16.9 Å². The minimum absolute atomic E-state index is 0.511. The number of hydrogen-bond donors (Lipinski definition) is 0. The Hall–Kier alpha value is -2.62. The maximum Gasteiger partial charge on any atom is 0.440 e. The first-order valence-electron chi connectivity index (χ1n) is 5.96. The molecule has 0 aliphatic heterocycles. The van der Waals surface area contributed by atoms with Crippen molar-refractivity contribution in [3.05, 3.63) is 60.4 Å². The monoisotopic (exact) mass is 252 g/mol. The van der Waals surface area contributed by atoms with Crippen LogP contribution in [0, 0.1) is 6.92 Å². The molecule has 4 nitrogen and oxygen atoms in total. The summed E-state index contributed by atoms with van der Waals surface area (Å²) in [7, 11) is 0. The van der Waals surface area contributed by atoms with Gasteiger partial charge in [-0.3, -0.25) is 0 Å². The van der Waals surface area contributed by atoms with E-state index in [1.165, 1.54) is 4.68 Å². The van der Waals surface area contributed by atoms with E-state index < -0.39 is 6.09 Å². The van der Waals surface area contributed by atoms with Gasteiger partial charge in [-0.2, -0.15) is 9.78 Å². The fourth-order valence-corrected chi connectivity index (χ4v) is 1.90. The average molecular weight is 252 g/mol. The third kappa shape index (κ3) is 2.33. The summed E-state index contributed by atoms with van der Waals surface area (Å²) in [5.41, 5.74) is 0.774. The van der Waals surface area contributed by atoms with Crippen LogP contribution in [0.5, 0.6) is 5.75 Å². The summed E-state index contributed by atoms with van der Waals surface area (Å²) in [6.07, 6.45) is 1.07. The predicted octanol–water partition coefficient (Wildman–Crippen LogP) is 3.39. The first kappa shape index (κ1) is 11.5. The van der Waals surface area contributed by atoms with Crippen molar-refractivity contribution in [2.75, 3.05) is 0 Å². The van der Waals surface area contributed by atoms with Gasteiger partial charge < -0.3 is 4.74 Å². The standard InChI is InChI=1S/C15H12N2O2/c1-11-8-9-17(16-11)15(18)19-14-7-6-12-4-2-3-5-13(12)10-14/h2-10H,1H3. The van der Waals surface area contributed by atoms with E-state index in [4.69, 9.17) is 4.74 Å². The molecule has 4 heteroatoms. The fraction of sp³-hybridized carbons (Fsp3) is 0.0667. The lowest BCUT2D eigenvalue weighted by Crippen LogP contribution is -2.17. The smallest absolute Gasteiger partial charge is 0.409 e. The molecule has 1 aromatic heterocycles. The topological polar surface area (TPSA) is 44.1 Å². The molecule has 0 spiro atoms. The van der Waals surface area contributed by atoms with Gasteiger partial charge in [-0.05, 0) is 35.9 Å². The molecule has 0 saturated carbocycles. The van der Waals surface area contributed by atoms with Gasteiger partial charge in [-0.15, -0.1) is 0 Å². The molecule has 19 heavy (non-hydrogen) atoms. The van der Waals surface area contributed by atoms with Crippen LogP contribution in [0.4, 0.5) is 4.79 Å². The number of hydrogen-bond acceptors (Lipinski definition) is 3. The van der Waals surface area contributed by atoms with Gasteiger partial charge in [0.2, 0.25) is 0 Å². The molecule has 0 fully saturated rings. The molecule has 3 rings (SSSR count). The first-order chi connectivity index (χ1) is 9.22. The van der Waals surface area contributed by atoms with E-state index >= 15 is 0 Å². The average Bonchev–Trinajstić information content (AvgIpc) is 2.85. The zero-order chi connectivity index (χ0) is 13.2. The highest BCUT2D eigenvalue weighted by molar-refractivity contribution is 5.84. The Balaban J connectivity index is 1.87. The third-order valence-corrected chi connectivity index (χ3v) is 2.84. The second-order valence-corrected chi connectivity index (χ2v) is 4.28. The third-order valence-electron chi connectivity index (χ3n) is 2.84. The van der Waals surface area contributed by atoms with Crippen LogP contribution in [0.3, 0.4) is 0 Å². The second-order valence-electron chi connectivity index (χ2n) is 4.28. The predicted molar refractivity (Wildman–Crippen MR) is 72.3 cm³/mol. The SMILES string of the molecule is Cc1ccn(C(=O)Oc2ccc3ccccc3c2)n1. The highest BCUT2D eigenvalue weighted by atomic mass is 16.6. The molecular formula is C15H12N2O2. The Labute approximate surface area is 110 Å². The van der Waals surface area contributed by atoms with Gasteiger partial charge in [0.25, 0.3) is 0 Å². The van der Waals surface area contributed by atoms with Crippen LogP contribution in [0.1, 0.15) is 5.69 Å². The van der Waals surface area contributed by atoms with Crippen LogP contribution in [-0.4, -0.2) is 15.9 Å². The van der Waals surface area contributed by atoms with E-state index in [1.54, 1.807) is 18.3 Å². The summed E-state index contributed by atoms with van der Waals surface area (Å²) in [6, 6.07) is 15.2. The number of benzene rings is 2. The van der Waals surface area contributed by atoms with Gasteiger partial charge in [-0.25, -0.2) is 4.79 Å². The number of carbonyl (C=O) groups excluding carboxylic acids is 1. The van der Waals surface area contributed by atoms with E-state index in [-0.39, 0.29) is 0 Å². The molecule has 94 valence electrons. The number of ether oxygens (including phenoxy) is 1. The summed E-state index contributed by atoms with van der Waals surface area (Å²) < 4.78 is 6.47. The van der Waals surface area contributed by atoms with E-state index in [0.717, 1.165) is 16.5 Å². The first-order valence-corrected chi connectivity index (χ1v) is 5.96. The molecule has 0 atom stereocenters. The van der Waals surface area contributed by atoms with E-state index in [0.29, 0.717) is 5.75 Å². The quantitative estimate of drug-likeness (QED) is 0.666. The van der Waals surface area contributed by atoms with Crippen LogP contribution in [0.2, 0.25) is 0 Å². The Morgan fingerprint density at radius 2 is 1.89 bits per heavy atom. The van der Waals surface area contributed by atoms with Gasteiger partial charge in [-0.1, -0.05) is 30.3 Å². The fourth-order valence-electron chi connectivity index (χ4n) is 1.90. The van der Waals surface area contributed by atoms with E-state index in [9.17, 15) is 4.79 Å². The minimum Gasteiger partial charge on any atom is -0.409 e. The summed E-state index contributed by atoms with van der Waals surface area (Å²) >= 11 is 0. The maximum absolute atomic E-state index is 11.8. The molecule has 0 unspecified atom stereocenters. The van der Waals surface area contributed by atoms with Crippen LogP contribution in [-0.2, 0) is 0 Å². The molecule has 3 aromatic rings. The van der Waals surface area contributed by atoms with Gasteiger partial charge in [0, 0.05) is 6.20 Å². The lowest BCUT2D eigenvalue weighted by Gasteiger charge is -2.05. The summed E-state index contributed by atoms with van der Waals surface area (Å²) in [4.78, 5) is 11.8. The molecule has 2 aromatic carbocycles. The Morgan fingerprint density at radius 1 is 1.11 bits per heavy atom. The number of rotatable bonds is 1. The van der Waals surface area contributed by atoms with Crippen molar-refractivity contribution in [1.82, 2.24) is 9.78 Å². The molecule has 0 bridgehead atoms. The lowest BCUT2D eigenvalue weighted by molar-refractivity contribution is 0.198. The van der Waals surface area contributed by atoms with Gasteiger partial charge >= 0.3 is 6.09 Å². The summed E-state index contributed by atoms with van der Waals surface area (Å²) in [6.45, 7) is 1.82. The molecule has 0 aliphatic carbocycles. The van der Waals surface area contributed by atoms with Gasteiger partial charge in [0.05, 0.1) is 5.69 Å². The van der Waals surface area contributed by atoms with Crippen LogP contribution in [0.15, 0.2) is 54.7 Å². The summed E-state index contributed by atoms with van der Waals surface area (Å²) in [5.74, 6) is 0.511. The second kappa shape index (κ2) is 4.57. The highest BCUT2D eigenvalue weighted by Gasteiger charge is 2.08. The number of aromatic nitrogens is 2. The molecular weight excluding hydrogens is 240 g/mol.